The summed E-state index contributed by atoms with van der Waals surface area (Å²) in [5, 5.41) is 7.82. The van der Waals surface area contributed by atoms with E-state index >= 15 is 0 Å². The lowest BCUT2D eigenvalue weighted by molar-refractivity contribution is -0.115. The zero-order valence-corrected chi connectivity index (χ0v) is 18.2. The molecule has 8 heteroatoms. The van der Waals surface area contributed by atoms with E-state index in [4.69, 9.17) is 4.42 Å². The predicted octanol–water partition coefficient (Wildman–Crippen LogP) is 5.77. The van der Waals surface area contributed by atoms with Crippen molar-refractivity contribution in [3.8, 4) is 11.3 Å². The Morgan fingerprint density at radius 3 is 2.65 bits per heavy atom. The molecule has 31 heavy (non-hydrogen) atoms. The highest BCUT2D eigenvalue weighted by molar-refractivity contribution is 8.00. The summed E-state index contributed by atoms with van der Waals surface area (Å²) in [4.78, 5) is 30.1. The molecule has 0 aliphatic carbocycles. The fourth-order valence-corrected chi connectivity index (χ4v) is 4.43. The summed E-state index contributed by atoms with van der Waals surface area (Å²) in [5.74, 6) is -0.218. The van der Waals surface area contributed by atoms with Crippen molar-refractivity contribution in [1.82, 2.24) is 4.98 Å². The largest absolute Gasteiger partial charge is 0.459 e. The fraction of sp³-hybridized carbons (Fsp3) is 0.0870. The average molecular weight is 450 g/mol. The fourth-order valence-electron chi connectivity index (χ4n) is 2.78. The first-order chi connectivity index (χ1) is 15.1. The summed E-state index contributed by atoms with van der Waals surface area (Å²) in [6, 6.07) is 20.4. The Balaban J connectivity index is 1.36. The van der Waals surface area contributed by atoms with E-state index in [1.807, 2.05) is 60.8 Å². The number of benzene rings is 2. The van der Waals surface area contributed by atoms with Crippen molar-refractivity contribution in [2.75, 3.05) is 10.6 Å². The first-order valence-electron chi connectivity index (χ1n) is 9.52. The molecule has 0 bridgehead atoms. The van der Waals surface area contributed by atoms with Crippen LogP contribution in [0.4, 0.5) is 10.8 Å². The summed E-state index contributed by atoms with van der Waals surface area (Å²) >= 11 is 2.80. The summed E-state index contributed by atoms with van der Waals surface area (Å²) in [6.45, 7) is 1.83. The summed E-state index contributed by atoms with van der Waals surface area (Å²) < 4.78 is 5.11. The molecule has 2 amide bonds. The maximum absolute atomic E-state index is 12.6. The van der Waals surface area contributed by atoms with E-state index < -0.39 is 0 Å². The molecule has 2 heterocycles. The normalized spacial score (nSPS) is 11.6. The summed E-state index contributed by atoms with van der Waals surface area (Å²) in [7, 11) is 0. The van der Waals surface area contributed by atoms with E-state index in [1.165, 1.54) is 29.4 Å². The van der Waals surface area contributed by atoms with E-state index in [0.717, 1.165) is 16.2 Å². The zero-order chi connectivity index (χ0) is 21.6. The molecule has 0 aliphatic heterocycles. The Morgan fingerprint density at radius 2 is 1.87 bits per heavy atom. The van der Waals surface area contributed by atoms with Gasteiger partial charge in [-0.15, -0.1) is 23.1 Å². The molecule has 1 unspecified atom stereocenters. The number of hydrogen-bond donors (Lipinski definition) is 2. The maximum Gasteiger partial charge on any atom is 0.291 e. The van der Waals surface area contributed by atoms with Gasteiger partial charge in [-0.1, -0.05) is 36.4 Å². The SMILES string of the molecule is CC(Sc1cccc(NC(=O)c2ccco2)c1)C(=O)Nc1nc(-c2ccccc2)cs1. The number of anilines is 2. The molecular formula is C23H19N3O3S2. The molecule has 2 N–H and O–H groups in total. The second kappa shape index (κ2) is 9.63. The van der Waals surface area contributed by atoms with E-state index in [0.29, 0.717) is 10.8 Å². The molecule has 6 nitrogen and oxygen atoms in total. The molecule has 4 rings (SSSR count). The molecule has 4 aromatic rings. The number of furan rings is 1. The van der Waals surface area contributed by atoms with Crippen molar-refractivity contribution >= 4 is 45.7 Å². The average Bonchev–Trinajstić information content (AvgIpc) is 3.47. The number of rotatable bonds is 7. The highest BCUT2D eigenvalue weighted by Gasteiger charge is 2.17. The maximum atomic E-state index is 12.6. The monoisotopic (exact) mass is 449 g/mol. The minimum atomic E-state index is -0.347. The van der Waals surface area contributed by atoms with Crippen LogP contribution in [0, 0.1) is 0 Å². The van der Waals surface area contributed by atoms with Gasteiger partial charge in [-0.2, -0.15) is 0 Å². The topological polar surface area (TPSA) is 84.2 Å². The Hall–Kier alpha value is -3.36. The number of carbonyl (C=O) groups is 2. The van der Waals surface area contributed by atoms with Crippen molar-refractivity contribution < 1.29 is 14.0 Å². The molecule has 0 spiro atoms. The van der Waals surface area contributed by atoms with E-state index in [9.17, 15) is 9.59 Å². The van der Waals surface area contributed by atoms with Gasteiger partial charge in [-0.05, 0) is 37.3 Å². The zero-order valence-electron chi connectivity index (χ0n) is 16.6. The van der Waals surface area contributed by atoms with E-state index in [-0.39, 0.29) is 22.8 Å². The van der Waals surface area contributed by atoms with Gasteiger partial charge in [0.25, 0.3) is 5.91 Å². The second-order valence-electron chi connectivity index (χ2n) is 6.61. The number of amides is 2. The van der Waals surface area contributed by atoms with Crippen molar-refractivity contribution in [2.45, 2.75) is 17.1 Å². The number of nitrogens with zero attached hydrogens (tertiary/aromatic N) is 1. The Kier molecular flexibility index (Phi) is 6.49. The van der Waals surface area contributed by atoms with Crippen LogP contribution in [0.25, 0.3) is 11.3 Å². The number of hydrogen-bond acceptors (Lipinski definition) is 6. The molecule has 0 saturated heterocycles. The molecule has 2 aromatic heterocycles. The third kappa shape index (κ3) is 5.42. The van der Waals surface area contributed by atoms with Crippen LogP contribution < -0.4 is 10.6 Å². The van der Waals surface area contributed by atoms with E-state index in [2.05, 4.69) is 15.6 Å². The van der Waals surface area contributed by atoms with Gasteiger partial charge < -0.3 is 15.1 Å². The van der Waals surface area contributed by atoms with Crippen LogP contribution in [0.1, 0.15) is 17.5 Å². The molecule has 1 atom stereocenters. The lowest BCUT2D eigenvalue weighted by Crippen LogP contribution is -2.22. The number of aromatic nitrogens is 1. The third-order valence-corrected chi connectivity index (χ3v) is 6.17. The van der Waals surface area contributed by atoms with Gasteiger partial charge in [-0.25, -0.2) is 4.98 Å². The molecule has 0 aliphatic rings. The molecule has 0 radical (unpaired) electrons. The van der Waals surface area contributed by atoms with Crippen LogP contribution in [-0.2, 0) is 4.79 Å². The van der Waals surface area contributed by atoms with Crippen LogP contribution in [0.5, 0.6) is 0 Å². The quantitative estimate of drug-likeness (QED) is 0.350. The van der Waals surface area contributed by atoms with Crippen molar-refractivity contribution in [1.29, 1.82) is 0 Å². The van der Waals surface area contributed by atoms with Gasteiger partial charge in [0.2, 0.25) is 5.91 Å². The minimum absolute atomic E-state index is 0.135. The molecular weight excluding hydrogens is 430 g/mol. The van der Waals surface area contributed by atoms with Crippen molar-refractivity contribution in [3.05, 3.63) is 84.1 Å². The molecule has 156 valence electrons. The first kappa shape index (κ1) is 20.9. The van der Waals surface area contributed by atoms with Gasteiger partial charge in [0.05, 0.1) is 17.2 Å². The number of nitrogens with one attached hydrogen (secondary N) is 2. The van der Waals surface area contributed by atoms with Crippen LogP contribution in [0.15, 0.2) is 87.7 Å². The molecule has 0 fully saturated rings. The summed E-state index contributed by atoms with van der Waals surface area (Å²) in [6.07, 6.45) is 1.45. The Labute approximate surface area is 187 Å². The van der Waals surface area contributed by atoms with Crippen molar-refractivity contribution in [2.24, 2.45) is 0 Å². The van der Waals surface area contributed by atoms with Gasteiger partial charge in [0, 0.05) is 21.5 Å². The van der Waals surface area contributed by atoms with Gasteiger partial charge in [-0.3, -0.25) is 9.59 Å². The first-order valence-corrected chi connectivity index (χ1v) is 11.3. The Bertz CT molecular complexity index is 1170. The van der Waals surface area contributed by atoms with Crippen LogP contribution in [0.3, 0.4) is 0 Å². The van der Waals surface area contributed by atoms with Gasteiger partial charge in [0.1, 0.15) is 0 Å². The number of thiazole rings is 1. The lowest BCUT2D eigenvalue weighted by Gasteiger charge is -2.11. The van der Waals surface area contributed by atoms with Gasteiger partial charge in [0.15, 0.2) is 10.9 Å². The third-order valence-electron chi connectivity index (χ3n) is 4.32. The predicted molar refractivity (Wildman–Crippen MR) is 125 cm³/mol. The highest BCUT2D eigenvalue weighted by atomic mass is 32.2. The van der Waals surface area contributed by atoms with Crippen molar-refractivity contribution in [3.63, 3.8) is 0 Å². The van der Waals surface area contributed by atoms with Crippen LogP contribution >= 0.6 is 23.1 Å². The van der Waals surface area contributed by atoms with E-state index in [1.54, 1.807) is 18.2 Å². The standard InChI is InChI=1S/C23H19N3O3S2/c1-15(21(27)26-23-25-19(14-30-23)16-7-3-2-4-8-16)31-18-10-5-9-17(13-18)24-22(28)20-11-6-12-29-20/h2-15H,1H3,(H,24,28)(H,25,26,27). The number of carbonyl (C=O) groups excluding carboxylic acids is 2. The number of thioether (sulfide) groups is 1. The highest BCUT2D eigenvalue weighted by Crippen LogP contribution is 2.28. The minimum Gasteiger partial charge on any atom is -0.459 e. The summed E-state index contributed by atoms with van der Waals surface area (Å²) in [5.41, 5.74) is 2.47. The molecule has 2 aromatic carbocycles. The second-order valence-corrected chi connectivity index (χ2v) is 8.88. The molecule has 0 saturated carbocycles. The smallest absolute Gasteiger partial charge is 0.291 e. The van der Waals surface area contributed by atoms with Crippen LogP contribution in [0.2, 0.25) is 0 Å². The van der Waals surface area contributed by atoms with Gasteiger partial charge >= 0.3 is 0 Å². The lowest BCUT2D eigenvalue weighted by atomic mass is 10.2. The Morgan fingerprint density at radius 1 is 1.03 bits per heavy atom. The van der Waals surface area contributed by atoms with Crippen LogP contribution in [-0.4, -0.2) is 22.0 Å².